The van der Waals surface area contributed by atoms with E-state index in [9.17, 15) is 31.4 Å². The highest BCUT2D eigenvalue weighted by molar-refractivity contribution is 6.33. The van der Waals surface area contributed by atoms with Gasteiger partial charge in [0.05, 0.1) is 29.6 Å². The number of benzene rings is 2. The second kappa shape index (κ2) is 9.49. The minimum atomic E-state index is -6.12. The van der Waals surface area contributed by atoms with E-state index in [4.69, 9.17) is 16.3 Å². The molecule has 2 heterocycles. The molecule has 2 aromatic carbocycles. The SMILES string of the molecule is COc1ccc(-c2ccc(C3CC(C(O)(C(F)(F)F)C(F)(F)F)=NN3c3ccccc3Cl)cc2F)cn1. The molecule has 37 heavy (non-hydrogen) atoms. The quantitative estimate of drug-likeness (QED) is 0.361. The third kappa shape index (κ3) is 4.71. The molecule has 1 N–H and O–H groups in total. The molecule has 1 unspecified atom stereocenters. The lowest BCUT2D eigenvalue weighted by Crippen LogP contribution is -2.62. The van der Waals surface area contributed by atoms with Crippen LogP contribution in [0, 0.1) is 5.82 Å². The number of para-hydroxylation sites is 1. The lowest BCUT2D eigenvalue weighted by molar-refractivity contribution is -0.338. The summed E-state index contributed by atoms with van der Waals surface area (Å²) in [5, 5.41) is 14.3. The summed E-state index contributed by atoms with van der Waals surface area (Å²) in [4.78, 5) is 3.99. The van der Waals surface area contributed by atoms with Gasteiger partial charge >= 0.3 is 12.4 Å². The van der Waals surface area contributed by atoms with Crippen molar-refractivity contribution in [2.75, 3.05) is 12.1 Å². The van der Waals surface area contributed by atoms with Crippen molar-refractivity contribution in [1.82, 2.24) is 4.98 Å². The molecule has 13 heteroatoms. The summed E-state index contributed by atoms with van der Waals surface area (Å²) in [6.07, 6.45) is -11.9. The molecule has 1 aliphatic rings. The Hall–Kier alpha value is -3.38. The van der Waals surface area contributed by atoms with Gasteiger partial charge in [0.2, 0.25) is 5.88 Å². The van der Waals surface area contributed by atoms with Gasteiger partial charge in [-0.2, -0.15) is 31.4 Å². The molecule has 0 spiro atoms. The summed E-state index contributed by atoms with van der Waals surface area (Å²) >= 11 is 6.15. The summed E-state index contributed by atoms with van der Waals surface area (Å²) in [7, 11) is 1.40. The molecule has 0 radical (unpaired) electrons. The van der Waals surface area contributed by atoms with Crippen LogP contribution in [0.25, 0.3) is 11.1 Å². The monoisotopic (exact) mass is 547 g/mol. The lowest BCUT2D eigenvalue weighted by Gasteiger charge is -2.32. The van der Waals surface area contributed by atoms with Crippen LogP contribution in [0.15, 0.2) is 65.9 Å². The van der Waals surface area contributed by atoms with Gasteiger partial charge in [0.15, 0.2) is 0 Å². The number of aliphatic hydroxyl groups is 1. The van der Waals surface area contributed by atoms with E-state index in [-0.39, 0.29) is 27.7 Å². The molecular formula is C24H17ClF7N3O2. The van der Waals surface area contributed by atoms with Crippen LogP contribution in [0.2, 0.25) is 5.02 Å². The summed E-state index contributed by atoms with van der Waals surface area (Å²) in [5.74, 6) is -0.521. The molecule has 4 rings (SSSR count). The average molecular weight is 548 g/mol. The van der Waals surface area contributed by atoms with Crippen molar-refractivity contribution in [3.05, 3.63) is 77.2 Å². The van der Waals surface area contributed by atoms with Crippen molar-refractivity contribution in [2.24, 2.45) is 5.10 Å². The van der Waals surface area contributed by atoms with E-state index >= 15 is 4.39 Å². The van der Waals surface area contributed by atoms with Gasteiger partial charge in [-0.25, -0.2) is 9.37 Å². The van der Waals surface area contributed by atoms with Crippen LogP contribution in [0.1, 0.15) is 18.0 Å². The maximum absolute atomic E-state index is 15.1. The van der Waals surface area contributed by atoms with Gasteiger partial charge in [-0.15, -0.1) is 0 Å². The number of nitrogens with zero attached hydrogens (tertiary/aromatic N) is 3. The molecule has 1 atom stereocenters. The number of hydrogen-bond acceptors (Lipinski definition) is 5. The van der Waals surface area contributed by atoms with Crippen molar-refractivity contribution in [2.45, 2.75) is 30.4 Å². The summed E-state index contributed by atoms with van der Waals surface area (Å²) in [6.45, 7) is 0. The number of hydrazone groups is 1. The lowest BCUT2D eigenvalue weighted by atomic mass is 9.89. The Bertz CT molecular complexity index is 1310. The second-order valence-electron chi connectivity index (χ2n) is 8.10. The van der Waals surface area contributed by atoms with E-state index in [2.05, 4.69) is 10.1 Å². The molecular weight excluding hydrogens is 531 g/mol. The maximum atomic E-state index is 15.1. The number of aromatic nitrogens is 1. The number of hydrogen-bond donors (Lipinski definition) is 1. The third-order valence-electron chi connectivity index (χ3n) is 5.88. The van der Waals surface area contributed by atoms with E-state index in [0.717, 1.165) is 11.1 Å². The molecule has 1 aliphatic heterocycles. The number of alkyl halides is 6. The number of ether oxygens (including phenoxy) is 1. The summed E-state index contributed by atoms with van der Waals surface area (Å²) in [6, 6.07) is 11.0. The van der Waals surface area contributed by atoms with E-state index in [1.54, 1.807) is 0 Å². The van der Waals surface area contributed by atoms with Crippen molar-refractivity contribution in [1.29, 1.82) is 0 Å². The fourth-order valence-electron chi connectivity index (χ4n) is 3.97. The predicted octanol–water partition coefficient (Wildman–Crippen LogP) is 6.71. The van der Waals surface area contributed by atoms with Crippen LogP contribution in [-0.4, -0.2) is 40.9 Å². The van der Waals surface area contributed by atoms with Gasteiger partial charge in [-0.3, -0.25) is 5.01 Å². The van der Waals surface area contributed by atoms with Gasteiger partial charge < -0.3 is 9.84 Å². The Morgan fingerprint density at radius 3 is 2.22 bits per heavy atom. The molecule has 0 saturated heterocycles. The summed E-state index contributed by atoms with van der Waals surface area (Å²) in [5.41, 5.74) is -6.39. The van der Waals surface area contributed by atoms with Crippen LogP contribution in [0.3, 0.4) is 0 Å². The Morgan fingerprint density at radius 2 is 1.68 bits per heavy atom. The number of rotatable bonds is 5. The van der Waals surface area contributed by atoms with Gasteiger partial charge in [0, 0.05) is 29.8 Å². The highest BCUT2D eigenvalue weighted by Crippen LogP contribution is 2.49. The molecule has 5 nitrogen and oxygen atoms in total. The van der Waals surface area contributed by atoms with Crippen molar-refractivity contribution in [3.63, 3.8) is 0 Å². The average Bonchev–Trinajstić information content (AvgIpc) is 3.28. The van der Waals surface area contributed by atoms with Gasteiger partial charge in [0.1, 0.15) is 5.82 Å². The standard InChI is InChI=1S/C24H17ClF7N3O2/c1-37-21-9-7-14(12-33-21)15-8-6-13(10-17(15)26)19-11-20(22(36,23(27,28)29)24(30,31)32)34-35(19)18-5-3-2-4-16(18)25/h2-10,12,19,36H,11H2,1H3. The molecule has 196 valence electrons. The number of halogens is 8. The smallest absolute Gasteiger partial charge is 0.431 e. The zero-order valence-corrected chi connectivity index (χ0v) is 19.5. The van der Waals surface area contributed by atoms with E-state index in [1.807, 2.05) is 0 Å². The van der Waals surface area contributed by atoms with Crippen LogP contribution < -0.4 is 9.75 Å². The highest BCUT2D eigenvalue weighted by atomic mass is 35.5. The first-order chi connectivity index (χ1) is 17.3. The van der Waals surface area contributed by atoms with Crippen molar-refractivity contribution >= 4 is 23.0 Å². The van der Waals surface area contributed by atoms with E-state index in [1.165, 1.54) is 61.8 Å². The van der Waals surface area contributed by atoms with Gasteiger partial charge in [-0.1, -0.05) is 35.9 Å². The zero-order valence-electron chi connectivity index (χ0n) is 18.8. The molecule has 0 fully saturated rings. The Morgan fingerprint density at radius 1 is 1.00 bits per heavy atom. The van der Waals surface area contributed by atoms with Crippen LogP contribution in [0.4, 0.5) is 36.4 Å². The van der Waals surface area contributed by atoms with Crippen molar-refractivity contribution < 1.29 is 40.6 Å². The first-order valence-electron chi connectivity index (χ1n) is 10.6. The fourth-order valence-corrected chi connectivity index (χ4v) is 4.19. The predicted molar refractivity (Wildman–Crippen MR) is 122 cm³/mol. The molecule has 1 aromatic heterocycles. The molecule has 0 amide bonds. The fraction of sp³-hybridized carbons (Fsp3) is 0.250. The van der Waals surface area contributed by atoms with Gasteiger partial charge in [0.25, 0.3) is 5.60 Å². The molecule has 0 saturated carbocycles. The zero-order chi connectivity index (χ0) is 27.2. The van der Waals surface area contributed by atoms with E-state index < -0.39 is 41.9 Å². The normalized spacial score (nSPS) is 16.6. The second-order valence-corrected chi connectivity index (χ2v) is 8.50. The van der Waals surface area contributed by atoms with Crippen LogP contribution >= 0.6 is 11.6 Å². The number of pyridine rings is 1. The third-order valence-corrected chi connectivity index (χ3v) is 6.20. The molecule has 0 bridgehead atoms. The molecule has 3 aromatic rings. The maximum Gasteiger partial charge on any atom is 0.431 e. The highest BCUT2D eigenvalue weighted by Gasteiger charge is 2.74. The Kier molecular flexibility index (Phi) is 6.84. The minimum absolute atomic E-state index is 0.00749. The summed E-state index contributed by atoms with van der Waals surface area (Å²) < 4.78 is 102. The number of methoxy groups -OCH3 is 1. The topological polar surface area (TPSA) is 58.0 Å². The van der Waals surface area contributed by atoms with Gasteiger partial charge in [-0.05, 0) is 29.8 Å². The number of anilines is 1. The largest absolute Gasteiger partial charge is 0.481 e. The Labute approximate surface area is 210 Å². The van der Waals surface area contributed by atoms with Crippen LogP contribution in [-0.2, 0) is 0 Å². The first-order valence-corrected chi connectivity index (χ1v) is 10.9. The first kappa shape index (κ1) is 26.7. The Balaban J connectivity index is 1.80. The van der Waals surface area contributed by atoms with Crippen LogP contribution in [0.5, 0.6) is 5.88 Å². The molecule has 0 aliphatic carbocycles. The van der Waals surface area contributed by atoms with E-state index in [0.29, 0.717) is 5.56 Å². The minimum Gasteiger partial charge on any atom is -0.481 e. The van der Waals surface area contributed by atoms with Crippen molar-refractivity contribution in [3.8, 4) is 17.0 Å².